The van der Waals surface area contributed by atoms with Crippen LogP contribution >= 0.6 is 17.0 Å². The zero-order valence-corrected chi connectivity index (χ0v) is 14.9. The molecule has 0 fully saturated rings. The van der Waals surface area contributed by atoms with Gasteiger partial charge in [-0.25, -0.2) is 0 Å². The van der Waals surface area contributed by atoms with Crippen molar-refractivity contribution in [2.24, 2.45) is 10.9 Å². The third-order valence-corrected chi connectivity index (χ3v) is 7.91. The van der Waals surface area contributed by atoms with E-state index in [2.05, 4.69) is 37.8 Å². The van der Waals surface area contributed by atoms with Gasteiger partial charge in [0.2, 0.25) is 5.62 Å². The van der Waals surface area contributed by atoms with E-state index in [1.165, 1.54) is 0 Å². The largest absolute Gasteiger partial charge is 0.324 e. The highest BCUT2D eigenvalue weighted by Gasteiger charge is 2.19. The Bertz CT molecular complexity index is 296. The van der Waals surface area contributed by atoms with Crippen LogP contribution < -0.4 is 5.09 Å². The Labute approximate surface area is 121 Å². The van der Waals surface area contributed by atoms with Crippen molar-refractivity contribution in [1.29, 1.82) is 0 Å². The van der Waals surface area contributed by atoms with Crippen LogP contribution in [0.2, 0.25) is 0 Å². The summed E-state index contributed by atoms with van der Waals surface area (Å²) in [4.78, 5) is 4.39. The first-order valence-corrected chi connectivity index (χ1v) is 10.8. The molecule has 0 bridgehead atoms. The number of rotatable bonds is 9. The molecule has 0 aliphatic rings. The third-order valence-electron chi connectivity index (χ3n) is 2.06. The Morgan fingerprint density at radius 1 is 1.33 bits per heavy atom. The molecule has 0 spiro atoms. The van der Waals surface area contributed by atoms with E-state index in [1.807, 2.05) is 13.8 Å². The number of nitrogens with one attached hydrogen (secondary N) is 1. The molecule has 0 heterocycles. The van der Waals surface area contributed by atoms with Crippen LogP contribution in [-0.2, 0) is 16.3 Å². The van der Waals surface area contributed by atoms with Crippen molar-refractivity contribution in [3.8, 4) is 0 Å². The Morgan fingerprint density at radius 3 is 2.39 bits per heavy atom. The van der Waals surface area contributed by atoms with Crippen LogP contribution in [0.3, 0.4) is 0 Å². The molecule has 6 heteroatoms. The lowest BCUT2D eigenvalue weighted by Crippen LogP contribution is -2.14. The van der Waals surface area contributed by atoms with Crippen LogP contribution in [0.5, 0.6) is 0 Å². The van der Waals surface area contributed by atoms with E-state index in [0.717, 1.165) is 12.2 Å². The van der Waals surface area contributed by atoms with Crippen molar-refractivity contribution < 1.29 is 4.52 Å². The van der Waals surface area contributed by atoms with Crippen molar-refractivity contribution in [2.45, 2.75) is 60.1 Å². The van der Waals surface area contributed by atoms with E-state index in [4.69, 9.17) is 16.3 Å². The lowest BCUT2D eigenvalue weighted by Gasteiger charge is -2.24. The average molecular weight is 310 g/mol. The zero-order chi connectivity index (χ0) is 14.2. The van der Waals surface area contributed by atoms with Gasteiger partial charge in [-0.3, -0.25) is 4.99 Å². The number of aliphatic imine (C=N–C) groups is 1. The highest BCUT2D eigenvalue weighted by atomic mass is 32.9. The van der Waals surface area contributed by atoms with Crippen LogP contribution in [-0.4, -0.2) is 24.2 Å². The number of hydrogen-bond donors (Lipinski definition) is 1. The quantitative estimate of drug-likeness (QED) is 0.388. The van der Waals surface area contributed by atoms with Gasteiger partial charge in [-0.05, 0) is 44.9 Å². The van der Waals surface area contributed by atoms with Crippen LogP contribution in [0.25, 0.3) is 0 Å². The van der Waals surface area contributed by atoms with Crippen molar-refractivity contribution in [3.05, 3.63) is 0 Å². The van der Waals surface area contributed by atoms with Gasteiger partial charge in [-0.2, -0.15) is 0 Å². The first-order valence-electron chi connectivity index (χ1n) is 6.51. The molecule has 108 valence electrons. The molecule has 2 unspecified atom stereocenters. The smallest absolute Gasteiger partial charge is 0.211 e. The molecule has 18 heavy (non-hydrogen) atoms. The molecular formula is C12H27N2OPS2. The molecule has 0 amide bonds. The Hall–Kier alpha value is 0.430. The summed E-state index contributed by atoms with van der Waals surface area (Å²) in [5, 5.41) is 3.22. The predicted molar refractivity (Wildman–Crippen MR) is 89.2 cm³/mol. The molecule has 0 aromatic carbocycles. The second-order valence-electron chi connectivity index (χ2n) is 5.01. The molecule has 0 aromatic rings. The summed E-state index contributed by atoms with van der Waals surface area (Å²) in [6.45, 7) is 12.6. The predicted octanol–water partition coefficient (Wildman–Crippen LogP) is 4.44. The van der Waals surface area contributed by atoms with E-state index in [1.54, 1.807) is 17.7 Å². The summed E-state index contributed by atoms with van der Waals surface area (Å²) in [6, 6.07) is 0.329. The maximum atomic E-state index is 5.89. The SMILES string of the molecule is CCC(C)N=CNP(=S)(OC(C)C)SCC(C)C. The molecule has 1 N–H and O–H groups in total. The minimum atomic E-state index is -2.05. The summed E-state index contributed by atoms with van der Waals surface area (Å²) >= 11 is 7.36. The molecule has 2 atom stereocenters. The summed E-state index contributed by atoms with van der Waals surface area (Å²) in [7, 11) is 0. The third kappa shape index (κ3) is 9.37. The van der Waals surface area contributed by atoms with E-state index in [0.29, 0.717) is 12.0 Å². The molecule has 0 aliphatic carbocycles. The van der Waals surface area contributed by atoms with Crippen LogP contribution in [0.1, 0.15) is 48.0 Å². The molecule has 3 nitrogen and oxygen atoms in total. The fraction of sp³-hybridized carbons (Fsp3) is 0.917. The topological polar surface area (TPSA) is 33.6 Å². The maximum absolute atomic E-state index is 5.89. The molecule has 0 saturated carbocycles. The van der Waals surface area contributed by atoms with E-state index in [9.17, 15) is 0 Å². The molecular weight excluding hydrogens is 283 g/mol. The van der Waals surface area contributed by atoms with Crippen molar-refractivity contribution >= 4 is 35.1 Å². The van der Waals surface area contributed by atoms with E-state index >= 15 is 0 Å². The van der Waals surface area contributed by atoms with Gasteiger partial charge in [0, 0.05) is 11.8 Å². The highest BCUT2D eigenvalue weighted by Crippen LogP contribution is 2.57. The second-order valence-corrected chi connectivity index (χ2v) is 11.6. The van der Waals surface area contributed by atoms with Gasteiger partial charge in [0.25, 0.3) is 0 Å². The molecule has 0 radical (unpaired) electrons. The van der Waals surface area contributed by atoms with E-state index < -0.39 is 5.62 Å². The first kappa shape index (κ1) is 18.4. The van der Waals surface area contributed by atoms with Gasteiger partial charge >= 0.3 is 0 Å². The van der Waals surface area contributed by atoms with E-state index in [-0.39, 0.29) is 6.10 Å². The Kier molecular flexibility index (Phi) is 9.58. The fourth-order valence-corrected chi connectivity index (χ4v) is 6.17. The lowest BCUT2D eigenvalue weighted by atomic mass is 10.3. The fourth-order valence-electron chi connectivity index (χ4n) is 0.960. The number of nitrogens with zero attached hydrogens (tertiary/aromatic N) is 1. The van der Waals surface area contributed by atoms with Crippen LogP contribution in [0.4, 0.5) is 0 Å². The maximum Gasteiger partial charge on any atom is 0.211 e. The van der Waals surface area contributed by atoms with Gasteiger partial charge < -0.3 is 9.61 Å². The second kappa shape index (κ2) is 9.35. The number of hydrogen-bond acceptors (Lipinski definition) is 4. The van der Waals surface area contributed by atoms with Crippen molar-refractivity contribution in [2.75, 3.05) is 5.75 Å². The van der Waals surface area contributed by atoms with Crippen LogP contribution in [0, 0.1) is 5.92 Å². The molecule has 0 rings (SSSR count). The summed E-state index contributed by atoms with van der Waals surface area (Å²) in [5.74, 6) is 1.62. The summed E-state index contributed by atoms with van der Waals surface area (Å²) < 4.78 is 5.89. The summed E-state index contributed by atoms with van der Waals surface area (Å²) in [6.07, 6.45) is 2.91. The van der Waals surface area contributed by atoms with Gasteiger partial charge in [0.05, 0.1) is 12.4 Å². The lowest BCUT2D eigenvalue weighted by molar-refractivity contribution is 0.274. The average Bonchev–Trinajstić information content (AvgIpc) is 2.25. The van der Waals surface area contributed by atoms with Gasteiger partial charge in [-0.1, -0.05) is 32.2 Å². The molecule has 0 aliphatic heterocycles. The Balaban J connectivity index is 4.47. The zero-order valence-electron chi connectivity index (χ0n) is 12.3. The molecule has 0 saturated heterocycles. The van der Waals surface area contributed by atoms with Gasteiger partial charge in [0.1, 0.15) is 0 Å². The monoisotopic (exact) mass is 310 g/mol. The first-order chi connectivity index (χ1) is 8.29. The van der Waals surface area contributed by atoms with Crippen molar-refractivity contribution in [1.82, 2.24) is 5.09 Å². The van der Waals surface area contributed by atoms with Gasteiger partial charge in [-0.15, -0.1) is 0 Å². The molecule has 0 aromatic heterocycles. The normalized spacial score (nSPS) is 17.3. The van der Waals surface area contributed by atoms with Gasteiger partial charge in [0.15, 0.2) is 0 Å². The Morgan fingerprint density at radius 2 is 1.94 bits per heavy atom. The summed E-state index contributed by atoms with van der Waals surface area (Å²) in [5.41, 5.74) is -2.05. The standard InChI is InChI=1S/C12H27N2OPS2/c1-7-12(6)13-9-14-16(17,15-11(4)5)18-8-10(2)3/h9-12H,7-8H2,1-6H3,(H,13,14,17). The minimum Gasteiger partial charge on any atom is -0.324 e. The minimum absolute atomic E-state index is 0.139. The van der Waals surface area contributed by atoms with Crippen molar-refractivity contribution in [3.63, 3.8) is 0 Å². The highest BCUT2D eigenvalue weighted by molar-refractivity contribution is 8.68. The van der Waals surface area contributed by atoms with Crippen LogP contribution in [0.15, 0.2) is 4.99 Å².